The van der Waals surface area contributed by atoms with Crippen LogP contribution in [0.5, 0.6) is 0 Å². The Balaban J connectivity index is 1.88. The van der Waals surface area contributed by atoms with Crippen molar-refractivity contribution in [2.45, 2.75) is 45.3 Å². The average molecular weight is 477 g/mol. The fourth-order valence-electron chi connectivity index (χ4n) is 3.96. The lowest BCUT2D eigenvalue weighted by molar-refractivity contribution is -0.142. The molecule has 7 nitrogen and oxygen atoms in total. The molecule has 2 N–H and O–H groups in total. The molecule has 0 saturated heterocycles. The Bertz CT molecular complexity index is 1090. The highest BCUT2D eigenvalue weighted by Gasteiger charge is 2.36. The van der Waals surface area contributed by atoms with Crippen LogP contribution in [0.3, 0.4) is 0 Å². The monoisotopic (exact) mass is 477 g/mol. The predicted molar refractivity (Wildman–Crippen MR) is 118 cm³/mol. The minimum absolute atomic E-state index is 0.0347. The maximum Gasteiger partial charge on any atom is 0.433 e. The Morgan fingerprint density at radius 1 is 1.21 bits per heavy atom. The summed E-state index contributed by atoms with van der Waals surface area (Å²) in [5.74, 6) is -1.53. The first kappa shape index (κ1) is 25.2. The maximum absolute atomic E-state index is 13.2. The van der Waals surface area contributed by atoms with E-state index in [9.17, 15) is 32.7 Å². The van der Waals surface area contributed by atoms with Gasteiger partial charge in [-0.2, -0.15) is 13.2 Å². The molecule has 10 heteroatoms. The van der Waals surface area contributed by atoms with Gasteiger partial charge in [-0.15, -0.1) is 0 Å². The number of hydrogen-bond acceptors (Lipinski definition) is 5. The van der Waals surface area contributed by atoms with Crippen molar-refractivity contribution >= 4 is 23.5 Å². The summed E-state index contributed by atoms with van der Waals surface area (Å²) in [7, 11) is 0. The Morgan fingerprint density at radius 3 is 2.59 bits per heavy atom. The second-order valence-corrected chi connectivity index (χ2v) is 8.66. The molecule has 0 saturated carbocycles. The smallest absolute Gasteiger partial charge is 0.433 e. The fraction of sp³-hybridized carbons (Fsp3) is 0.417. The zero-order valence-electron chi connectivity index (χ0n) is 18.9. The third-order valence-electron chi connectivity index (χ3n) is 5.48. The molecule has 1 aromatic heterocycles. The van der Waals surface area contributed by atoms with Crippen LogP contribution in [0.15, 0.2) is 36.4 Å². The first-order valence-electron chi connectivity index (χ1n) is 10.9. The van der Waals surface area contributed by atoms with E-state index in [1.54, 1.807) is 24.3 Å². The van der Waals surface area contributed by atoms with Crippen molar-refractivity contribution in [3.8, 4) is 0 Å². The summed E-state index contributed by atoms with van der Waals surface area (Å²) in [6.07, 6.45) is -4.85. The van der Waals surface area contributed by atoms with Gasteiger partial charge in [0.2, 0.25) is 5.91 Å². The third kappa shape index (κ3) is 6.12. The van der Waals surface area contributed by atoms with Crippen molar-refractivity contribution < 1.29 is 32.7 Å². The number of Topliss-reactive ketones (excluding diaryl/α,β-unsaturated/α-hetero) is 1. The number of nitrogens with zero attached hydrogens (tertiary/aromatic N) is 2. The number of carboxylic acids is 1. The Kier molecular flexibility index (Phi) is 7.58. The highest BCUT2D eigenvalue weighted by atomic mass is 19.4. The number of aliphatic carboxylic acids is 1. The summed E-state index contributed by atoms with van der Waals surface area (Å²) >= 11 is 0. The first-order chi connectivity index (χ1) is 16.0. The van der Waals surface area contributed by atoms with Gasteiger partial charge in [-0.25, -0.2) is 4.98 Å². The van der Waals surface area contributed by atoms with Crippen molar-refractivity contribution in [1.82, 2.24) is 9.88 Å². The van der Waals surface area contributed by atoms with Gasteiger partial charge in [0, 0.05) is 30.6 Å². The van der Waals surface area contributed by atoms with Gasteiger partial charge in [-0.05, 0) is 23.6 Å². The number of fused-ring (bicyclic) bond motifs is 1. The number of ketones is 1. The first-order valence-corrected chi connectivity index (χ1v) is 10.9. The number of anilines is 1. The molecule has 1 atom stereocenters. The van der Waals surface area contributed by atoms with Gasteiger partial charge in [-0.1, -0.05) is 38.1 Å². The molecule has 182 valence electrons. The number of benzene rings is 1. The molecule has 34 heavy (non-hydrogen) atoms. The van der Waals surface area contributed by atoms with Crippen LogP contribution >= 0.6 is 0 Å². The lowest BCUT2D eigenvalue weighted by atomic mass is 9.98. The van der Waals surface area contributed by atoms with Gasteiger partial charge in [0.15, 0.2) is 5.78 Å². The average Bonchev–Trinajstić information content (AvgIpc) is 2.91. The number of hydrogen-bond donors (Lipinski definition) is 2. The highest BCUT2D eigenvalue weighted by Crippen LogP contribution is 2.35. The molecule has 0 spiro atoms. The van der Waals surface area contributed by atoms with Gasteiger partial charge in [0.05, 0.1) is 18.9 Å². The predicted octanol–water partition coefficient (Wildman–Crippen LogP) is 4.34. The highest BCUT2D eigenvalue weighted by molar-refractivity contribution is 5.96. The maximum atomic E-state index is 13.2. The largest absolute Gasteiger partial charge is 0.481 e. The number of nitrogens with one attached hydrogen (secondary N) is 1. The summed E-state index contributed by atoms with van der Waals surface area (Å²) in [5.41, 5.74) is 0.196. The number of alkyl halides is 3. The molecule has 1 aliphatic rings. The van der Waals surface area contributed by atoms with E-state index in [1.807, 2.05) is 13.8 Å². The molecule has 3 rings (SSSR count). The van der Waals surface area contributed by atoms with Crippen LogP contribution in [-0.4, -0.2) is 45.7 Å². The summed E-state index contributed by atoms with van der Waals surface area (Å²) in [5, 5.41) is 12.2. The minimum Gasteiger partial charge on any atom is -0.481 e. The van der Waals surface area contributed by atoms with E-state index >= 15 is 0 Å². The zero-order valence-corrected chi connectivity index (χ0v) is 18.9. The van der Waals surface area contributed by atoms with Gasteiger partial charge in [0.25, 0.3) is 0 Å². The van der Waals surface area contributed by atoms with Gasteiger partial charge in [-0.3, -0.25) is 14.4 Å². The van der Waals surface area contributed by atoms with Crippen molar-refractivity contribution in [2.75, 3.05) is 18.4 Å². The molecular formula is C24H26F3N3O4. The molecule has 0 radical (unpaired) electrons. The van der Waals surface area contributed by atoms with E-state index in [0.717, 1.165) is 6.07 Å². The van der Waals surface area contributed by atoms with Crippen LogP contribution < -0.4 is 5.32 Å². The molecule has 1 amide bonds. The lowest BCUT2D eigenvalue weighted by Crippen LogP contribution is -2.38. The summed E-state index contributed by atoms with van der Waals surface area (Å²) < 4.78 is 39.3. The molecule has 1 aromatic carbocycles. The van der Waals surface area contributed by atoms with Crippen LogP contribution in [-0.2, 0) is 22.2 Å². The van der Waals surface area contributed by atoms with Crippen LogP contribution in [0.2, 0.25) is 0 Å². The third-order valence-corrected chi connectivity index (χ3v) is 5.48. The van der Waals surface area contributed by atoms with Crippen LogP contribution in [0.25, 0.3) is 0 Å². The zero-order chi connectivity index (χ0) is 25.0. The molecular weight excluding hydrogens is 451 g/mol. The minimum atomic E-state index is -4.65. The SMILES string of the molecule is CC(C)CC(=O)c1cccc(CC(=O)N2CCNc3nc(C(F)(F)F)ccc3C2CC(=O)O)c1. The molecule has 2 aromatic rings. The number of aromatic nitrogens is 1. The summed E-state index contributed by atoms with van der Waals surface area (Å²) in [6.45, 7) is 4.06. The van der Waals surface area contributed by atoms with Crippen molar-refractivity contribution in [3.05, 3.63) is 58.8 Å². The van der Waals surface area contributed by atoms with E-state index < -0.39 is 36.2 Å². The lowest BCUT2D eigenvalue weighted by Gasteiger charge is -2.29. The molecule has 0 fully saturated rings. The molecule has 0 bridgehead atoms. The van der Waals surface area contributed by atoms with Crippen molar-refractivity contribution in [2.24, 2.45) is 5.92 Å². The standard InChI is InChI=1S/C24H26F3N3O4/c1-14(2)10-19(31)16-5-3-4-15(11-16)12-21(32)30-9-8-28-23-17(18(30)13-22(33)34)6-7-20(29-23)24(25,26)27/h3-7,11,14,18H,8-10,12-13H2,1-2H3,(H,28,29)(H,33,34). The van der Waals surface area contributed by atoms with Crippen LogP contribution in [0, 0.1) is 5.92 Å². The summed E-state index contributed by atoms with van der Waals surface area (Å²) in [6, 6.07) is 7.69. The quantitative estimate of drug-likeness (QED) is 0.576. The van der Waals surface area contributed by atoms with Crippen LogP contribution in [0.4, 0.5) is 19.0 Å². The Labute approximate surface area is 195 Å². The van der Waals surface area contributed by atoms with E-state index in [1.165, 1.54) is 11.0 Å². The second-order valence-electron chi connectivity index (χ2n) is 8.66. The van der Waals surface area contributed by atoms with E-state index in [2.05, 4.69) is 10.3 Å². The molecule has 1 aliphatic heterocycles. The molecule has 2 heterocycles. The van der Waals surface area contributed by atoms with E-state index in [0.29, 0.717) is 17.5 Å². The number of carboxylic acid groups (broad SMARTS) is 1. The Hall–Kier alpha value is -3.43. The number of halogens is 3. The van der Waals surface area contributed by atoms with Gasteiger partial charge < -0.3 is 15.3 Å². The topological polar surface area (TPSA) is 99.6 Å². The van der Waals surface area contributed by atoms with Crippen molar-refractivity contribution in [1.29, 1.82) is 0 Å². The second kappa shape index (κ2) is 10.2. The number of pyridine rings is 1. The normalized spacial score (nSPS) is 15.9. The Morgan fingerprint density at radius 2 is 1.94 bits per heavy atom. The van der Waals surface area contributed by atoms with E-state index in [-0.39, 0.29) is 42.6 Å². The van der Waals surface area contributed by atoms with Gasteiger partial charge >= 0.3 is 12.1 Å². The number of amides is 1. The molecule has 0 aliphatic carbocycles. The number of carbonyl (C=O) groups is 3. The van der Waals surface area contributed by atoms with E-state index in [4.69, 9.17) is 0 Å². The molecule has 1 unspecified atom stereocenters. The van der Waals surface area contributed by atoms with Crippen molar-refractivity contribution in [3.63, 3.8) is 0 Å². The fourth-order valence-corrected chi connectivity index (χ4v) is 3.96. The number of rotatable bonds is 7. The van der Waals surface area contributed by atoms with Gasteiger partial charge in [0.1, 0.15) is 11.5 Å². The van der Waals surface area contributed by atoms with Crippen LogP contribution in [0.1, 0.15) is 59.9 Å². The number of carbonyl (C=O) groups excluding carboxylic acids is 2. The summed E-state index contributed by atoms with van der Waals surface area (Å²) in [4.78, 5) is 42.2.